The van der Waals surface area contributed by atoms with Gasteiger partial charge in [0, 0.05) is 11.6 Å². The molecule has 0 aliphatic carbocycles. The normalized spacial score (nSPS) is 14.3. The number of hydrogen-bond acceptors (Lipinski definition) is 3. The van der Waals surface area contributed by atoms with Gasteiger partial charge in [-0.15, -0.1) is 0 Å². The van der Waals surface area contributed by atoms with Gasteiger partial charge in [0.15, 0.2) is 0 Å². The first-order valence-electron chi connectivity index (χ1n) is 7.04. The van der Waals surface area contributed by atoms with Crippen LogP contribution >= 0.6 is 11.3 Å². The van der Waals surface area contributed by atoms with Crippen molar-refractivity contribution >= 4 is 11.3 Å². The quantitative estimate of drug-likeness (QED) is 0.869. The molecular weight excluding hydrogens is 266 g/mol. The van der Waals surface area contributed by atoms with Gasteiger partial charge in [0.25, 0.3) is 0 Å². The Hall–Kier alpha value is -1.32. The lowest BCUT2D eigenvalue weighted by atomic mass is 10.00. The third-order valence-corrected chi connectivity index (χ3v) is 4.10. The first kappa shape index (κ1) is 15.1. The van der Waals surface area contributed by atoms with Gasteiger partial charge in [-0.25, -0.2) is 0 Å². The van der Waals surface area contributed by atoms with Crippen molar-refractivity contribution in [1.82, 2.24) is 0 Å². The van der Waals surface area contributed by atoms with E-state index in [9.17, 15) is 0 Å². The summed E-state index contributed by atoms with van der Waals surface area (Å²) in [4.78, 5) is 0. The molecule has 0 spiro atoms. The van der Waals surface area contributed by atoms with Crippen LogP contribution in [0.3, 0.4) is 0 Å². The van der Waals surface area contributed by atoms with E-state index in [1.54, 1.807) is 11.3 Å². The highest BCUT2D eigenvalue weighted by molar-refractivity contribution is 7.07. The molecule has 0 saturated carbocycles. The minimum Gasteiger partial charge on any atom is -0.484 e. The van der Waals surface area contributed by atoms with E-state index in [2.05, 4.69) is 55.8 Å². The zero-order chi connectivity index (χ0) is 14.7. The number of hydrogen-bond donors (Lipinski definition) is 1. The van der Waals surface area contributed by atoms with Crippen LogP contribution in [0.2, 0.25) is 0 Å². The largest absolute Gasteiger partial charge is 0.484 e. The van der Waals surface area contributed by atoms with E-state index in [0.717, 1.165) is 11.3 Å². The maximum Gasteiger partial charge on any atom is 0.139 e. The Bertz CT molecular complexity index is 546. The van der Waals surface area contributed by atoms with E-state index >= 15 is 0 Å². The minimum atomic E-state index is -0.0967. The van der Waals surface area contributed by atoms with Crippen molar-refractivity contribution in [3.05, 3.63) is 51.7 Å². The van der Waals surface area contributed by atoms with Crippen LogP contribution in [0.4, 0.5) is 0 Å². The second-order valence-corrected chi connectivity index (χ2v) is 6.43. The van der Waals surface area contributed by atoms with E-state index in [-0.39, 0.29) is 12.1 Å². The molecule has 0 aliphatic heterocycles. The molecule has 1 heterocycles. The molecule has 1 aromatic carbocycles. The van der Waals surface area contributed by atoms with Crippen LogP contribution < -0.4 is 10.5 Å². The van der Waals surface area contributed by atoms with Crippen molar-refractivity contribution < 1.29 is 4.74 Å². The standard InChI is InChI=1S/C17H23NOS/c1-11(2)15-6-5-12(3)9-16(15)19-17(13(4)18)14-7-8-20-10-14/h5-11,13,17H,18H2,1-4H3. The zero-order valence-electron chi connectivity index (χ0n) is 12.6. The smallest absolute Gasteiger partial charge is 0.139 e. The Morgan fingerprint density at radius 1 is 1.15 bits per heavy atom. The monoisotopic (exact) mass is 289 g/mol. The summed E-state index contributed by atoms with van der Waals surface area (Å²) in [6.07, 6.45) is -0.0967. The Morgan fingerprint density at radius 3 is 2.45 bits per heavy atom. The van der Waals surface area contributed by atoms with Crippen molar-refractivity contribution in [2.24, 2.45) is 5.73 Å². The lowest BCUT2D eigenvalue weighted by Crippen LogP contribution is -2.29. The zero-order valence-corrected chi connectivity index (χ0v) is 13.4. The van der Waals surface area contributed by atoms with Gasteiger partial charge in [0.05, 0.1) is 0 Å². The van der Waals surface area contributed by atoms with E-state index in [0.29, 0.717) is 5.92 Å². The second-order valence-electron chi connectivity index (χ2n) is 5.65. The Labute approximate surface area is 125 Å². The van der Waals surface area contributed by atoms with Gasteiger partial charge < -0.3 is 10.5 Å². The maximum absolute atomic E-state index is 6.28. The summed E-state index contributed by atoms with van der Waals surface area (Å²) in [7, 11) is 0. The van der Waals surface area contributed by atoms with E-state index in [4.69, 9.17) is 10.5 Å². The molecule has 0 aliphatic rings. The van der Waals surface area contributed by atoms with E-state index in [1.165, 1.54) is 11.1 Å². The summed E-state index contributed by atoms with van der Waals surface area (Å²) >= 11 is 1.67. The van der Waals surface area contributed by atoms with Crippen LogP contribution in [0, 0.1) is 6.92 Å². The summed E-state index contributed by atoms with van der Waals surface area (Å²) in [5.41, 5.74) is 9.71. The van der Waals surface area contributed by atoms with Crippen molar-refractivity contribution in [2.75, 3.05) is 0 Å². The molecule has 2 unspecified atom stereocenters. The third-order valence-electron chi connectivity index (χ3n) is 3.39. The molecule has 2 nitrogen and oxygen atoms in total. The van der Waals surface area contributed by atoms with E-state index < -0.39 is 0 Å². The van der Waals surface area contributed by atoms with Gasteiger partial charge >= 0.3 is 0 Å². The molecule has 0 amide bonds. The fraction of sp³-hybridized carbons (Fsp3) is 0.412. The fourth-order valence-corrected chi connectivity index (χ4v) is 2.96. The molecule has 2 aromatic rings. The van der Waals surface area contributed by atoms with Gasteiger partial charge in [-0.1, -0.05) is 26.0 Å². The first-order chi connectivity index (χ1) is 9.49. The van der Waals surface area contributed by atoms with Gasteiger partial charge in [0.2, 0.25) is 0 Å². The van der Waals surface area contributed by atoms with Crippen molar-refractivity contribution in [2.45, 2.75) is 45.8 Å². The number of rotatable bonds is 5. The molecular formula is C17H23NOS. The first-order valence-corrected chi connectivity index (χ1v) is 7.98. The predicted octanol–water partition coefficient (Wildman–Crippen LogP) is 4.65. The van der Waals surface area contributed by atoms with Crippen LogP contribution in [0.25, 0.3) is 0 Å². The molecule has 0 radical (unpaired) electrons. The highest BCUT2D eigenvalue weighted by atomic mass is 32.1. The second kappa shape index (κ2) is 6.42. The fourth-order valence-electron chi connectivity index (χ4n) is 2.27. The number of aryl methyl sites for hydroxylation is 1. The number of nitrogens with two attached hydrogens (primary N) is 1. The molecule has 3 heteroatoms. The maximum atomic E-state index is 6.28. The van der Waals surface area contributed by atoms with Gasteiger partial charge in [0.1, 0.15) is 11.9 Å². The Kier molecular flexibility index (Phi) is 4.84. The van der Waals surface area contributed by atoms with Crippen molar-refractivity contribution in [1.29, 1.82) is 0 Å². The Balaban J connectivity index is 2.33. The summed E-state index contributed by atoms with van der Waals surface area (Å²) in [6, 6.07) is 8.43. The third kappa shape index (κ3) is 3.41. The van der Waals surface area contributed by atoms with Crippen LogP contribution in [-0.4, -0.2) is 6.04 Å². The van der Waals surface area contributed by atoms with Crippen molar-refractivity contribution in [3.63, 3.8) is 0 Å². The van der Waals surface area contributed by atoms with Gasteiger partial charge in [-0.3, -0.25) is 0 Å². The average molecular weight is 289 g/mol. The predicted molar refractivity (Wildman–Crippen MR) is 86.6 cm³/mol. The highest BCUT2D eigenvalue weighted by Gasteiger charge is 2.20. The van der Waals surface area contributed by atoms with Crippen LogP contribution in [-0.2, 0) is 0 Å². The molecule has 2 N–H and O–H groups in total. The molecule has 0 saturated heterocycles. The molecule has 1 aromatic heterocycles. The molecule has 0 bridgehead atoms. The van der Waals surface area contributed by atoms with E-state index in [1.807, 2.05) is 6.92 Å². The molecule has 2 rings (SSSR count). The molecule has 0 fully saturated rings. The topological polar surface area (TPSA) is 35.2 Å². The summed E-state index contributed by atoms with van der Waals surface area (Å²) < 4.78 is 6.28. The van der Waals surface area contributed by atoms with Crippen molar-refractivity contribution in [3.8, 4) is 5.75 Å². The number of thiophene rings is 1. The van der Waals surface area contributed by atoms with Gasteiger partial charge in [-0.2, -0.15) is 11.3 Å². The highest BCUT2D eigenvalue weighted by Crippen LogP contribution is 2.32. The average Bonchev–Trinajstić information content (AvgIpc) is 2.88. The SMILES string of the molecule is Cc1ccc(C(C)C)c(OC(c2ccsc2)C(C)N)c1. The lowest BCUT2D eigenvalue weighted by Gasteiger charge is -2.24. The van der Waals surface area contributed by atoms with Gasteiger partial charge in [-0.05, 0) is 53.8 Å². The Morgan fingerprint density at radius 2 is 1.90 bits per heavy atom. The molecule has 20 heavy (non-hydrogen) atoms. The number of ether oxygens (including phenoxy) is 1. The number of benzene rings is 1. The summed E-state index contributed by atoms with van der Waals surface area (Å²) in [5, 5.41) is 4.17. The summed E-state index contributed by atoms with van der Waals surface area (Å²) in [5.74, 6) is 1.38. The van der Waals surface area contributed by atoms with Crippen LogP contribution in [0.5, 0.6) is 5.75 Å². The lowest BCUT2D eigenvalue weighted by molar-refractivity contribution is 0.178. The molecule has 108 valence electrons. The van der Waals surface area contributed by atoms with Crippen LogP contribution in [0.15, 0.2) is 35.0 Å². The minimum absolute atomic E-state index is 0.0508. The summed E-state index contributed by atoms with van der Waals surface area (Å²) in [6.45, 7) is 8.45. The van der Waals surface area contributed by atoms with Crippen LogP contribution in [0.1, 0.15) is 49.5 Å². The molecule has 2 atom stereocenters.